The highest BCUT2D eigenvalue weighted by molar-refractivity contribution is 6.31. The van der Waals surface area contributed by atoms with Gasteiger partial charge in [0, 0.05) is 16.5 Å². The number of ketones is 1. The second kappa shape index (κ2) is 7.20. The van der Waals surface area contributed by atoms with E-state index < -0.39 is 41.6 Å². The zero-order valence-corrected chi connectivity index (χ0v) is 13.8. The Morgan fingerprint density at radius 1 is 1.36 bits per heavy atom. The molecular weight excluding hydrogens is 311 g/mol. The average molecular weight is 331 g/mol. The minimum atomic E-state index is -1.43. The molecule has 0 saturated carbocycles. The van der Waals surface area contributed by atoms with E-state index in [0.29, 0.717) is 0 Å². The summed E-state index contributed by atoms with van der Waals surface area (Å²) in [7, 11) is 0. The number of rotatable bonds is 5. The van der Waals surface area contributed by atoms with Gasteiger partial charge in [0.05, 0.1) is 6.10 Å². The third kappa shape index (κ3) is 5.07. The van der Waals surface area contributed by atoms with Crippen molar-refractivity contribution in [1.29, 1.82) is 0 Å². The van der Waals surface area contributed by atoms with Crippen molar-refractivity contribution in [3.63, 3.8) is 0 Å². The highest BCUT2D eigenvalue weighted by Gasteiger charge is 2.30. The number of esters is 1. The number of aliphatic hydroxyl groups is 1. The Labute approximate surface area is 134 Å². The molecule has 0 saturated heterocycles. The molecule has 1 rings (SSSR count). The predicted molar refractivity (Wildman–Crippen MR) is 81.0 cm³/mol. The van der Waals surface area contributed by atoms with Gasteiger partial charge in [0.15, 0.2) is 0 Å². The minimum Gasteiger partial charge on any atom is -0.460 e. The highest BCUT2D eigenvalue weighted by atomic mass is 35.5. The van der Waals surface area contributed by atoms with Crippen molar-refractivity contribution in [1.82, 2.24) is 0 Å². The van der Waals surface area contributed by atoms with Crippen LogP contribution >= 0.6 is 11.6 Å². The number of hydrogen-bond acceptors (Lipinski definition) is 4. The number of hydrogen-bond donors (Lipinski definition) is 1. The Hall–Kier alpha value is -1.46. The van der Waals surface area contributed by atoms with E-state index in [1.165, 1.54) is 19.1 Å². The number of Topliss-reactive ketones (excluding diaryl/α,β-unsaturated/α-hetero) is 1. The highest BCUT2D eigenvalue weighted by Crippen LogP contribution is 2.31. The lowest BCUT2D eigenvalue weighted by Crippen LogP contribution is -2.28. The summed E-state index contributed by atoms with van der Waals surface area (Å²) in [5.41, 5.74) is -0.845. The Morgan fingerprint density at radius 2 is 1.95 bits per heavy atom. The van der Waals surface area contributed by atoms with E-state index in [-0.39, 0.29) is 10.6 Å². The van der Waals surface area contributed by atoms with Crippen molar-refractivity contribution in [3.8, 4) is 0 Å². The monoisotopic (exact) mass is 330 g/mol. The van der Waals surface area contributed by atoms with E-state index in [0.717, 1.165) is 6.07 Å². The number of carbonyl (C=O) groups is 2. The van der Waals surface area contributed by atoms with Gasteiger partial charge in [-0.25, -0.2) is 4.39 Å². The van der Waals surface area contributed by atoms with Gasteiger partial charge in [0.2, 0.25) is 0 Å². The summed E-state index contributed by atoms with van der Waals surface area (Å²) >= 11 is 5.86. The molecule has 122 valence electrons. The first-order valence-electron chi connectivity index (χ1n) is 6.89. The zero-order valence-electron chi connectivity index (χ0n) is 13.0. The van der Waals surface area contributed by atoms with E-state index in [2.05, 4.69) is 0 Å². The van der Waals surface area contributed by atoms with Crippen LogP contribution in [0.15, 0.2) is 18.2 Å². The van der Waals surface area contributed by atoms with Crippen LogP contribution in [-0.4, -0.2) is 22.5 Å². The molecule has 0 aliphatic rings. The van der Waals surface area contributed by atoms with Crippen molar-refractivity contribution in [2.45, 2.75) is 45.8 Å². The SMILES string of the molecule is C[C@@H](C(=O)CC(=O)OC(C)(C)C)[C@@H](O)c1c(F)cccc1Cl. The van der Waals surface area contributed by atoms with Crippen LogP contribution < -0.4 is 0 Å². The summed E-state index contributed by atoms with van der Waals surface area (Å²) in [5.74, 6) is -2.91. The topological polar surface area (TPSA) is 63.6 Å². The van der Waals surface area contributed by atoms with E-state index >= 15 is 0 Å². The van der Waals surface area contributed by atoms with Gasteiger partial charge in [-0.05, 0) is 32.9 Å². The third-order valence-corrected chi connectivity index (χ3v) is 3.35. The molecule has 4 nitrogen and oxygen atoms in total. The molecule has 0 bridgehead atoms. The fraction of sp³-hybridized carbons (Fsp3) is 0.500. The molecule has 22 heavy (non-hydrogen) atoms. The molecular formula is C16H20ClFO4. The van der Waals surface area contributed by atoms with Gasteiger partial charge >= 0.3 is 5.97 Å². The molecule has 0 aliphatic carbocycles. The first kappa shape index (κ1) is 18.6. The van der Waals surface area contributed by atoms with E-state index in [1.807, 2.05) is 0 Å². The first-order valence-corrected chi connectivity index (χ1v) is 7.27. The Kier molecular flexibility index (Phi) is 6.08. The molecule has 0 fully saturated rings. The molecule has 0 unspecified atom stereocenters. The molecule has 0 spiro atoms. The molecule has 6 heteroatoms. The standard InChI is InChI=1S/C16H20ClFO4/c1-9(12(19)8-13(20)22-16(2,3)4)15(21)14-10(17)6-5-7-11(14)18/h5-7,9,15,21H,8H2,1-4H3/t9-,15+/m0/s1. The number of benzene rings is 1. The lowest BCUT2D eigenvalue weighted by atomic mass is 9.92. The van der Waals surface area contributed by atoms with Gasteiger partial charge in [-0.2, -0.15) is 0 Å². The van der Waals surface area contributed by atoms with Crippen LogP contribution in [0.25, 0.3) is 0 Å². The summed E-state index contributed by atoms with van der Waals surface area (Å²) in [5, 5.41) is 10.2. The molecule has 0 amide bonds. The fourth-order valence-electron chi connectivity index (χ4n) is 1.90. The molecule has 2 atom stereocenters. The molecule has 0 radical (unpaired) electrons. The van der Waals surface area contributed by atoms with Gasteiger partial charge in [-0.15, -0.1) is 0 Å². The zero-order chi connectivity index (χ0) is 17.1. The Bertz CT molecular complexity index is 546. The van der Waals surface area contributed by atoms with Crippen LogP contribution in [0.4, 0.5) is 4.39 Å². The van der Waals surface area contributed by atoms with E-state index in [9.17, 15) is 19.1 Å². The lowest BCUT2D eigenvalue weighted by molar-refractivity contribution is -0.157. The molecule has 1 aromatic rings. The van der Waals surface area contributed by atoms with Crippen LogP contribution in [0.3, 0.4) is 0 Å². The van der Waals surface area contributed by atoms with Gasteiger partial charge in [0.25, 0.3) is 0 Å². The van der Waals surface area contributed by atoms with Crippen LogP contribution in [-0.2, 0) is 14.3 Å². The van der Waals surface area contributed by atoms with Gasteiger partial charge < -0.3 is 9.84 Å². The minimum absolute atomic E-state index is 0.0319. The maximum absolute atomic E-state index is 13.8. The maximum Gasteiger partial charge on any atom is 0.313 e. The fourth-order valence-corrected chi connectivity index (χ4v) is 2.17. The Balaban J connectivity index is 2.80. The van der Waals surface area contributed by atoms with Crippen LogP contribution in [0.5, 0.6) is 0 Å². The summed E-state index contributed by atoms with van der Waals surface area (Å²) in [6, 6.07) is 3.98. The predicted octanol–water partition coefficient (Wildman–Crippen LogP) is 3.45. The van der Waals surface area contributed by atoms with Gasteiger partial charge in [-0.1, -0.05) is 24.6 Å². The molecule has 0 heterocycles. The van der Waals surface area contributed by atoms with Crippen molar-refractivity contribution in [3.05, 3.63) is 34.6 Å². The molecule has 0 aromatic heterocycles. The van der Waals surface area contributed by atoms with Crippen molar-refractivity contribution < 1.29 is 23.8 Å². The third-order valence-electron chi connectivity index (χ3n) is 3.02. The van der Waals surface area contributed by atoms with Crippen LogP contribution in [0.2, 0.25) is 5.02 Å². The summed E-state index contributed by atoms with van der Waals surface area (Å²) in [4.78, 5) is 23.7. The van der Waals surface area contributed by atoms with E-state index in [4.69, 9.17) is 16.3 Å². The quantitative estimate of drug-likeness (QED) is 0.663. The van der Waals surface area contributed by atoms with Crippen molar-refractivity contribution in [2.24, 2.45) is 5.92 Å². The largest absolute Gasteiger partial charge is 0.460 e. The van der Waals surface area contributed by atoms with E-state index in [1.54, 1.807) is 20.8 Å². The Morgan fingerprint density at radius 3 is 2.45 bits per heavy atom. The number of aliphatic hydroxyl groups excluding tert-OH is 1. The van der Waals surface area contributed by atoms with Crippen molar-refractivity contribution in [2.75, 3.05) is 0 Å². The lowest BCUT2D eigenvalue weighted by Gasteiger charge is -2.22. The molecule has 1 N–H and O–H groups in total. The van der Waals surface area contributed by atoms with Crippen LogP contribution in [0, 0.1) is 11.7 Å². The number of halogens is 2. The maximum atomic E-state index is 13.8. The summed E-state index contributed by atoms with van der Waals surface area (Å²) in [6.07, 6.45) is -1.91. The number of ether oxygens (including phenoxy) is 1. The van der Waals surface area contributed by atoms with Crippen LogP contribution in [0.1, 0.15) is 45.8 Å². The normalized spacial score (nSPS) is 14.3. The second-order valence-corrected chi connectivity index (χ2v) is 6.51. The smallest absolute Gasteiger partial charge is 0.313 e. The molecule has 0 aliphatic heterocycles. The second-order valence-electron chi connectivity index (χ2n) is 6.10. The number of carbonyl (C=O) groups excluding carboxylic acids is 2. The average Bonchev–Trinajstić information content (AvgIpc) is 2.34. The first-order chi connectivity index (χ1) is 10.0. The summed E-state index contributed by atoms with van der Waals surface area (Å²) in [6.45, 7) is 6.48. The van der Waals surface area contributed by atoms with Gasteiger partial charge in [0.1, 0.15) is 23.6 Å². The van der Waals surface area contributed by atoms with Crippen molar-refractivity contribution >= 4 is 23.4 Å². The van der Waals surface area contributed by atoms with Gasteiger partial charge in [-0.3, -0.25) is 9.59 Å². The summed E-state index contributed by atoms with van der Waals surface area (Å²) < 4.78 is 18.8. The molecule has 1 aromatic carbocycles.